The SMILES string of the molecule is CNCC(C)CNS(=O)(=O)c1cc(F)ccc1Cl. The molecule has 2 N–H and O–H groups in total. The molecular formula is C11H16ClFN2O2S. The lowest BCUT2D eigenvalue weighted by Crippen LogP contribution is -2.32. The minimum absolute atomic E-state index is 0.00479. The Morgan fingerprint density at radius 3 is 2.67 bits per heavy atom. The molecule has 1 aromatic rings. The van der Waals surface area contributed by atoms with Crippen LogP contribution >= 0.6 is 11.6 Å². The highest BCUT2D eigenvalue weighted by Crippen LogP contribution is 2.21. The van der Waals surface area contributed by atoms with Gasteiger partial charge < -0.3 is 5.32 Å². The lowest BCUT2D eigenvalue weighted by molar-refractivity contribution is 0.518. The van der Waals surface area contributed by atoms with E-state index in [0.717, 1.165) is 12.1 Å². The lowest BCUT2D eigenvalue weighted by Gasteiger charge is -2.13. The van der Waals surface area contributed by atoms with Gasteiger partial charge in [-0.3, -0.25) is 0 Å². The van der Waals surface area contributed by atoms with Crippen molar-refractivity contribution in [3.63, 3.8) is 0 Å². The summed E-state index contributed by atoms with van der Waals surface area (Å²) in [6.45, 7) is 2.83. The van der Waals surface area contributed by atoms with Gasteiger partial charge in [-0.1, -0.05) is 18.5 Å². The van der Waals surface area contributed by atoms with Gasteiger partial charge in [-0.2, -0.15) is 0 Å². The highest BCUT2D eigenvalue weighted by Gasteiger charge is 2.19. The van der Waals surface area contributed by atoms with Gasteiger partial charge in [0.05, 0.1) is 5.02 Å². The molecule has 4 nitrogen and oxygen atoms in total. The Bertz CT molecular complexity index is 508. The first-order valence-corrected chi connectivity index (χ1v) is 7.32. The first-order valence-electron chi connectivity index (χ1n) is 5.46. The molecule has 0 aliphatic carbocycles. The fourth-order valence-corrected chi connectivity index (χ4v) is 3.11. The minimum atomic E-state index is -3.78. The number of hydrogen-bond donors (Lipinski definition) is 2. The molecular weight excluding hydrogens is 279 g/mol. The highest BCUT2D eigenvalue weighted by atomic mass is 35.5. The fraction of sp³-hybridized carbons (Fsp3) is 0.455. The average Bonchev–Trinajstić information content (AvgIpc) is 2.30. The topological polar surface area (TPSA) is 58.2 Å². The van der Waals surface area contributed by atoms with E-state index in [4.69, 9.17) is 11.6 Å². The van der Waals surface area contributed by atoms with Crippen LogP contribution in [0.4, 0.5) is 4.39 Å². The van der Waals surface area contributed by atoms with E-state index in [9.17, 15) is 12.8 Å². The maximum absolute atomic E-state index is 13.0. The second-order valence-electron chi connectivity index (χ2n) is 4.09. The normalized spacial score (nSPS) is 13.6. The van der Waals surface area contributed by atoms with Gasteiger partial charge in [0.25, 0.3) is 0 Å². The lowest BCUT2D eigenvalue weighted by atomic mass is 10.2. The van der Waals surface area contributed by atoms with Crippen molar-refractivity contribution in [2.75, 3.05) is 20.1 Å². The Kier molecular flexibility index (Phi) is 5.52. The van der Waals surface area contributed by atoms with Gasteiger partial charge in [-0.25, -0.2) is 17.5 Å². The van der Waals surface area contributed by atoms with Crippen molar-refractivity contribution in [2.24, 2.45) is 5.92 Å². The van der Waals surface area contributed by atoms with E-state index in [2.05, 4.69) is 10.0 Å². The zero-order valence-electron chi connectivity index (χ0n) is 10.2. The number of hydrogen-bond acceptors (Lipinski definition) is 3. The third kappa shape index (κ3) is 4.20. The van der Waals surface area contributed by atoms with Gasteiger partial charge >= 0.3 is 0 Å². The summed E-state index contributed by atoms with van der Waals surface area (Å²) in [5.41, 5.74) is 0. The van der Waals surface area contributed by atoms with Crippen molar-refractivity contribution < 1.29 is 12.8 Å². The van der Waals surface area contributed by atoms with E-state index >= 15 is 0 Å². The van der Waals surface area contributed by atoms with Crippen LogP contribution in [0, 0.1) is 11.7 Å². The molecule has 0 aromatic heterocycles. The minimum Gasteiger partial charge on any atom is -0.319 e. The third-order valence-corrected chi connectivity index (χ3v) is 4.26. The number of halogens is 2. The molecule has 0 saturated carbocycles. The van der Waals surface area contributed by atoms with Crippen molar-refractivity contribution in [3.8, 4) is 0 Å². The molecule has 1 unspecified atom stereocenters. The molecule has 0 heterocycles. The Morgan fingerprint density at radius 2 is 2.06 bits per heavy atom. The van der Waals surface area contributed by atoms with Gasteiger partial charge in [-0.15, -0.1) is 0 Å². The molecule has 1 aromatic carbocycles. The summed E-state index contributed by atoms with van der Waals surface area (Å²) >= 11 is 5.76. The predicted molar refractivity (Wildman–Crippen MR) is 69.7 cm³/mol. The smallest absolute Gasteiger partial charge is 0.242 e. The van der Waals surface area contributed by atoms with Crippen LogP contribution in [0.1, 0.15) is 6.92 Å². The predicted octanol–water partition coefficient (Wildman–Crippen LogP) is 1.61. The molecule has 0 aliphatic heterocycles. The van der Waals surface area contributed by atoms with E-state index in [-0.39, 0.29) is 22.4 Å². The summed E-state index contributed by atoms with van der Waals surface area (Å²) in [5.74, 6) is -0.514. The second-order valence-corrected chi connectivity index (χ2v) is 6.23. The quantitative estimate of drug-likeness (QED) is 0.838. The zero-order valence-corrected chi connectivity index (χ0v) is 11.8. The Hall–Kier alpha value is -0.690. The average molecular weight is 295 g/mol. The molecule has 1 atom stereocenters. The van der Waals surface area contributed by atoms with E-state index in [1.165, 1.54) is 6.07 Å². The molecule has 0 aliphatic rings. The molecule has 0 radical (unpaired) electrons. The van der Waals surface area contributed by atoms with Crippen LogP contribution < -0.4 is 10.0 Å². The molecule has 0 fully saturated rings. The van der Waals surface area contributed by atoms with E-state index in [0.29, 0.717) is 6.54 Å². The Labute approximate surface area is 112 Å². The number of sulfonamides is 1. The molecule has 7 heteroatoms. The molecule has 0 spiro atoms. The van der Waals surface area contributed by atoms with Crippen LogP contribution in [0.2, 0.25) is 5.02 Å². The van der Waals surface area contributed by atoms with Crippen LogP contribution in [-0.4, -0.2) is 28.6 Å². The van der Waals surface area contributed by atoms with E-state index < -0.39 is 15.8 Å². The Balaban J connectivity index is 2.83. The molecule has 102 valence electrons. The summed E-state index contributed by atoms with van der Waals surface area (Å²) in [7, 11) is -1.99. The van der Waals surface area contributed by atoms with Crippen LogP contribution in [0.3, 0.4) is 0 Å². The van der Waals surface area contributed by atoms with Gasteiger partial charge in [-0.05, 0) is 37.7 Å². The molecule has 1 rings (SSSR count). The van der Waals surface area contributed by atoms with Gasteiger partial charge in [0, 0.05) is 6.54 Å². The van der Waals surface area contributed by atoms with Gasteiger partial charge in [0.1, 0.15) is 10.7 Å². The van der Waals surface area contributed by atoms with Crippen molar-refractivity contribution >= 4 is 21.6 Å². The van der Waals surface area contributed by atoms with Crippen molar-refractivity contribution in [1.82, 2.24) is 10.0 Å². The summed E-state index contributed by atoms with van der Waals surface area (Å²) < 4.78 is 39.3. The standard InChI is InChI=1S/C11H16ClFN2O2S/c1-8(6-14-2)7-15-18(16,17)11-5-9(13)3-4-10(11)12/h3-5,8,14-15H,6-7H2,1-2H3. The first kappa shape index (κ1) is 15.4. The summed E-state index contributed by atoms with van der Waals surface area (Å²) in [5, 5.41) is 2.95. The zero-order chi connectivity index (χ0) is 13.8. The summed E-state index contributed by atoms with van der Waals surface area (Å²) in [6.07, 6.45) is 0. The molecule has 18 heavy (non-hydrogen) atoms. The van der Waals surface area contributed by atoms with Crippen molar-refractivity contribution in [1.29, 1.82) is 0 Å². The number of benzene rings is 1. The van der Waals surface area contributed by atoms with Crippen LogP contribution in [0.15, 0.2) is 23.1 Å². The number of nitrogens with one attached hydrogen (secondary N) is 2. The van der Waals surface area contributed by atoms with Gasteiger partial charge in [0.15, 0.2) is 0 Å². The highest BCUT2D eigenvalue weighted by molar-refractivity contribution is 7.89. The largest absolute Gasteiger partial charge is 0.319 e. The monoisotopic (exact) mass is 294 g/mol. The third-order valence-electron chi connectivity index (χ3n) is 2.36. The summed E-state index contributed by atoms with van der Waals surface area (Å²) in [6, 6.07) is 3.25. The summed E-state index contributed by atoms with van der Waals surface area (Å²) in [4.78, 5) is -0.235. The van der Waals surface area contributed by atoms with Crippen LogP contribution in [0.25, 0.3) is 0 Å². The number of rotatable bonds is 6. The fourth-order valence-electron chi connectivity index (χ4n) is 1.43. The van der Waals surface area contributed by atoms with E-state index in [1.54, 1.807) is 7.05 Å². The maximum Gasteiger partial charge on any atom is 0.242 e. The molecule has 0 bridgehead atoms. The first-order chi connectivity index (χ1) is 8.36. The van der Waals surface area contributed by atoms with Crippen LogP contribution in [-0.2, 0) is 10.0 Å². The van der Waals surface area contributed by atoms with Crippen molar-refractivity contribution in [3.05, 3.63) is 29.0 Å². The van der Waals surface area contributed by atoms with Crippen LogP contribution in [0.5, 0.6) is 0 Å². The molecule has 0 saturated heterocycles. The van der Waals surface area contributed by atoms with Gasteiger partial charge in [0.2, 0.25) is 10.0 Å². The maximum atomic E-state index is 13.0. The second kappa shape index (κ2) is 6.47. The van der Waals surface area contributed by atoms with E-state index in [1.807, 2.05) is 6.92 Å². The Morgan fingerprint density at radius 1 is 1.39 bits per heavy atom. The molecule has 0 amide bonds. The van der Waals surface area contributed by atoms with Crippen molar-refractivity contribution in [2.45, 2.75) is 11.8 Å².